The molecule has 0 aliphatic rings. The van der Waals surface area contributed by atoms with Crippen LogP contribution in [0.2, 0.25) is 0 Å². The maximum absolute atomic E-state index is 12.9. The molecule has 2 aromatic carbocycles. The van der Waals surface area contributed by atoms with Crippen molar-refractivity contribution in [3.8, 4) is 0 Å². The molecule has 0 aliphatic heterocycles. The van der Waals surface area contributed by atoms with Gasteiger partial charge < -0.3 is 10.6 Å². The fourth-order valence-corrected chi connectivity index (χ4v) is 2.77. The molecule has 5 heteroatoms. The smallest absolute Gasteiger partial charge is 0.244 e. The number of aryl methyl sites for hydroxylation is 3. The van der Waals surface area contributed by atoms with Crippen molar-refractivity contribution in [3.05, 3.63) is 70.5 Å². The summed E-state index contributed by atoms with van der Waals surface area (Å²) in [4.78, 5) is 24.1. The molecule has 2 rings (SSSR count). The first-order chi connectivity index (χ1) is 12.3. The number of hydrogen-bond acceptors (Lipinski definition) is 2. The largest absolute Gasteiger partial charge is 0.343 e. The highest BCUT2D eigenvalue weighted by atomic mass is 19.1. The van der Waals surface area contributed by atoms with Crippen molar-refractivity contribution >= 4 is 23.1 Å². The van der Waals surface area contributed by atoms with Gasteiger partial charge in [0.2, 0.25) is 11.8 Å². The van der Waals surface area contributed by atoms with Crippen LogP contribution in [0.3, 0.4) is 0 Å². The fraction of sp³-hybridized carbons (Fsp3) is 0.238. The topological polar surface area (TPSA) is 58.2 Å². The summed E-state index contributed by atoms with van der Waals surface area (Å²) < 4.78 is 12.9. The van der Waals surface area contributed by atoms with Gasteiger partial charge in [-0.2, -0.15) is 0 Å². The van der Waals surface area contributed by atoms with Gasteiger partial charge in [0.1, 0.15) is 5.82 Å². The van der Waals surface area contributed by atoms with Crippen LogP contribution in [0, 0.1) is 26.6 Å². The van der Waals surface area contributed by atoms with Crippen molar-refractivity contribution in [2.24, 2.45) is 0 Å². The lowest BCUT2D eigenvalue weighted by molar-refractivity contribution is -0.121. The SMILES string of the molecule is C/C(=C/C(=O)NCC(=O)Nc1c(C)cc(C)cc1C)c1ccc(F)cc1. The Labute approximate surface area is 153 Å². The number of halogens is 1. The molecule has 0 saturated carbocycles. The number of amides is 2. The highest BCUT2D eigenvalue weighted by Crippen LogP contribution is 2.21. The van der Waals surface area contributed by atoms with Crippen LogP contribution in [0.25, 0.3) is 5.57 Å². The predicted molar refractivity (Wildman–Crippen MR) is 102 cm³/mol. The Morgan fingerprint density at radius 1 is 1.04 bits per heavy atom. The summed E-state index contributed by atoms with van der Waals surface area (Å²) in [6.07, 6.45) is 1.39. The highest BCUT2D eigenvalue weighted by Gasteiger charge is 2.09. The van der Waals surface area contributed by atoms with Gasteiger partial charge in [0.25, 0.3) is 0 Å². The number of benzene rings is 2. The maximum Gasteiger partial charge on any atom is 0.244 e. The third kappa shape index (κ3) is 5.28. The van der Waals surface area contributed by atoms with Crippen molar-refractivity contribution in [2.45, 2.75) is 27.7 Å². The number of anilines is 1. The van der Waals surface area contributed by atoms with Crippen LogP contribution >= 0.6 is 0 Å². The Balaban J connectivity index is 1.94. The number of carbonyl (C=O) groups is 2. The third-order valence-electron chi connectivity index (χ3n) is 4.01. The quantitative estimate of drug-likeness (QED) is 0.800. The molecule has 2 N–H and O–H groups in total. The first-order valence-corrected chi connectivity index (χ1v) is 8.36. The summed E-state index contributed by atoms with van der Waals surface area (Å²) in [6, 6.07) is 9.87. The zero-order valence-electron chi connectivity index (χ0n) is 15.4. The molecular formula is C21H23FN2O2. The minimum absolute atomic E-state index is 0.126. The number of carbonyl (C=O) groups excluding carboxylic acids is 2. The average Bonchev–Trinajstić information content (AvgIpc) is 2.56. The Bertz CT molecular complexity index is 832. The molecular weight excluding hydrogens is 331 g/mol. The van der Waals surface area contributed by atoms with Crippen molar-refractivity contribution in [1.29, 1.82) is 0 Å². The summed E-state index contributed by atoms with van der Waals surface area (Å²) in [5, 5.41) is 5.40. The highest BCUT2D eigenvalue weighted by molar-refractivity contribution is 5.99. The third-order valence-corrected chi connectivity index (χ3v) is 4.01. The molecule has 0 atom stereocenters. The molecule has 0 radical (unpaired) electrons. The van der Waals surface area contributed by atoms with Crippen LogP contribution in [0.4, 0.5) is 10.1 Å². The van der Waals surface area contributed by atoms with E-state index in [0.29, 0.717) is 5.57 Å². The molecule has 0 spiro atoms. The zero-order chi connectivity index (χ0) is 19.3. The van der Waals surface area contributed by atoms with Gasteiger partial charge in [-0.15, -0.1) is 0 Å². The van der Waals surface area contributed by atoms with Crippen LogP contribution in [0.1, 0.15) is 29.2 Å². The monoisotopic (exact) mass is 354 g/mol. The molecule has 136 valence electrons. The van der Waals surface area contributed by atoms with E-state index < -0.39 is 0 Å². The lowest BCUT2D eigenvalue weighted by Crippen LogP contribution is -2.32. The van der Waals surface area contributed by atoms with E-state index in [4.69, 9.17) is 0 Å². The second-order valence-electron chi connectivity index (χ2n) is 6.37. The summed E-state index contributed by atoms with van der Waals surface area (Å²) in [5.74, 6) is -0.995. The van der Waals surface area contributed by atoms with Crippen molar-refractivity contribution in [1.82, 2.24) is 5.32 Å². The number of nitrogens with one attached hydrogen (secondary N) is 2. The van der Waals surface area contributed by atoms with Gasteiger partial charge >= 0.3 is 0 Å². The standard InChI is InChI=1S/C21H23FN2O2/c1-13-9-15(3)21(16(4)10-13)24-20(26)12-23-19(25)11-14(2)17-5-7-18(22)8-6-17/h5-11H,12H2,1-4H3,(H,23,25)(H,24,26)/b14-11-. The molecule has 0 fully saturated rings. The maximum atomic E-state index is 12.9. The fourth-order valence-electron chi connectivity index (χ4n) is 2.77. The van der Waals surface area contributed by atoms with Crippen molar-refractivity contribution in [3.63, 3.8) is 0 Å². The molecule has 0 heterocycles. The minimum atomic E-state index is -0.376. The molecule has 26 heavy (non-hydrogen) atoms. The number of rotatable bonds is 5. The summed E-state index contributed by atoms with van der Waals surface area (Å²) in [6.45, 7) is 7.50. The molecule has 4 nitrogen and oxygen atoms in total. The molecule has 2 aromatic rings. The molecule has 0 bridgehead atoms. The molecule has 0 aromatic heterocycles. The molecule has 0 saturated heterocycles. The van der Waals surface area contributed by atoms with E-state index in [2.05, 4.69) is 10.6 Å². The zero-order valence-corrected chi connectivity index (χ0v) is 15.4. The lowest BCUT2D eigenvalue weighted by Gasteiger charge is -2.13. The Hall–Kier alpha value is -2.95. The van der Waals surface area contributed by atoms with Gasteiger partial charge in [-0.3, -0.25) is 9.59 Å². The first-order valence-electron chi connectivity index (χ1n) is 8.36. The Morgan fingerprint density at radius 3 is 2.19 bits per heavy atom. The van der Waals surface area contributed by atoms with Crippen LogP contribution in [0.15, 0.2) is 42.5 Å². The van der Waals surface area contributed by atoms with Crippen LogP contribution in [-0.4, -0.2) is 18.4 Å². The Morgan fingerprint density at radius 2 is 1.62 bits per heavy atom. The summed E-state index contributed by atoms with van der Waals surface area (Å²) >= 11 is 0. The molecule has 2 amide bonds. The van der Waals surface area contributed by atoms with E-state index in [0.717, 1.165) is 27.9 Å². The van der Waals surface area contributed by atoms with E-state index >= 15 is 0 Å². The van der Waals surface area contributed by atoms with Crippen LogP contribution in [-0.2, 0) is 9.59 Å². The average molecular weight is 354 g/mol. The van der Waals surface area contributed by atoms with Gasteiger partial charge in [0.15, 0.2) is 0 Å². The van der Waals surface area contributed by atoms with Gasteiger partial charge in [0, 0.05) is 11.8 Å². The molecule has 0 unspecified atom stereocenters. The van der Waals surface area contributed by atoms with E-state index in [1.165, 1.54) is 18.2 Å². The van der Waals surface area contributed by atoms with E-state index in [1.807, 2.05) is 32.9 Å². The van der Waals surface area contributed by atoms with Crippen LogP contribution in [0.5, 0.6) is 0 Å². The Kier molecular flexibility index (Phi) is 6.28. The first kappa shape index (κ1) is 19.4. The van der Waals surface area contributed by atoms with Gasteiger partial charge in [-0.05, 0) is 62.1 Å². The van der Waals surface area contributed by atoms with Gasteiger partial charge in [-0.25, -0.2) is 4.39 Å². The second kappa shape index (κ2) is 8.43. The van der Waals surface area contributed by atoms with Gasteiger partial charge in [0.05, 0.1) is 6.54 Å². The van der Waals surface area contributed by atoms with E-state index in [9.17, 15) is 14.0 Å². The number of hydrogen-bond donors (Lipinski definition) is 2. The summed E-state index contributed by atoms with van der Waals surface area (Å²) in [7, 11) is 0. The van der Waals surface area contributed by atoms with Crippen molar-refractivity contribution in [2.75, 3.05) is 11.9 Å². The van der Waals surface area contributed by atoms with Crippen molar-refractivity contribution < 1.29 is 14.0 Å². The summed E-state index contributed by atoms with van der Waals surface area (Å²) in [5.41, 5.74) is 5.30. The molecule has 0 aliphatic carbocycles. The van der Waals surface area contributed by atoms with E-state index in [1.54, 1.807) is 19.1 Å². The van der Waals surface area contributed by atoms with Gasteiger partial charge in [-0.1, -0.05) is 29.8 Å². The van der Waals surface area contributed by atoms with Crippen LogP contribution < -0.4 is 10.6 Å². The minimum Gasteiger partial charge on any atom is -0.343 e. The van der Waals surface area contributed by atoms with E-state index in [-0.39, 0.29) is 24.2 Å². The predicted octanol–water partition coefficient (Wildman–Crippen LogP) is 3.91. The number of allylic oxidation sites excluding steroid dienone is 1. The lowest BCUT2D eigenvalue weighted by atomic mass is 10.1. The second-order valence-corrected chi connectivity index (χ2v) is 6.37. The normalized spacial score (nSPS) is 11.2.